The molecule has 0 aliphatic carbocycles. The molecule has 2 aromatic rings. The molecule has 0 aliphatic rings. The van der Waals surface area contributed by atoms with Crippen LogP contribution in [0.5, 0.6) is 5.75 Å². The third-order valence-electron chi connectivity index (χ3n) is 3.86. The van der Waals surface area contributed by atoms with Crippen molar-refractivity contribution < 1.29 is 9.26 Å². The third-order valence-corrected chi connectivity index (χ3v) is 3.86. The van der Waals surface area contributed by atoms with Crippen molar-refractivity contribution in [3.05, 3.63) is 41.0 Å². The van der Waals surface area contributed by atoms with Crippen molar-refractivity contribution in [3.8, 4) is 5.75 Å². The van der Waals surface area contributed by atoms with E-state index < -0.39 is 0 Å². The van der Waals surface area contributed by atoms with Crippen molar-refractivity contribution >= 4 is 29.9 Å². The Bertz CT molecular complexity index is 733. The number of aliphatic imine (C=N–C) groups is 1. The summed E-state index contributed by atoms with van der Waals surface area (Å²) in [5.74, 6) is 2.75. The Hall–Kier alpha value is -1.84. The van der Waals surface area contributed by atoms with Crippen LogP contribution in [0.25, 0.3) is 0 Å². The summed E-state index contributed by atoms with van der Waals surface area (Å²) in [6.07, 6.45) is 1.14. The second-order valence-electron chi connectivity index (χ2n) is 6.23. The Morgan fingerprint density at radius 3 is 2.67 bits per heavy atom. The molecule has 0 saturated carbocycles. The number of hydrogen-bond donors (Lipinski definition) is 2. The zero-order valence-electron chi connectivity index (χ0n) is 16.7. The maximum atomic E-state index is 6.06. The number of nitrogens with zero attached hydrogens (tertiary/aromatic N) is 3. The van der Waals surface area contributed by atoms with Gasteiger partial charge in [-0.3, -0.25) is 0 Å². The lowest BCUT2D eigenvalue weighted by Crippen LogP contribution is -2.37. The van der Waals surface area contributed by atoms with Crippen molar-refractivity contribution in [2.24, 2.45) is 4.99 Å². The van der Waals surface area contributed by atoms with Gasteiger partial charge in [-0.1, -0.05) is 24.2 Å². The maximum absolute atomic E-state index is 6.06. The van der Waals surface area contributed by atoms with Gasteiger partial charge in [-0.2, -0.15) is 4.98 Å². The standard InChI is InChI=1S/C19H29N5O2.HI/c1-6-14(4)25-17-10-13(3)8-9-16(17)11-21-19(20-7-2)22-12-18-23-15(5)26-24-18;/h8-10,14H,6-7,11-12H2,1-5H3,(H2,20,21,22);1H. The molecule has 1 aromatic carbocycles. The van der Waals surface area contributed by atoms with Crippen LogP contribution in [0, 0.1) is 13.8 Å². The molecule has 0 aliphatic heterocycles. The highest BCUT2D eigenvalue weighted by Crippen LogP contribution is 2.23. The van der Waals surface area contributed by atoms with Gasteiger partial charge in [0.05, 0.1) is 19.2 Å². The monoisotopic (exact) mass is 487 g/mol. The van der Waals surface area contributed by atoms with E-state index in [1.807, 2.05) is 6.92 Å². The van der Waals surface area contributed by atoms with Gasteiger partial charge in [0.2, 0.25) is 5.89 Å². The Kier molecular flexibility index (Phi) is 10.1. The lowest BCUT2D eigenvalue weighted by Gasteiger charge is -2.16. The van der Waals surface area contributed by atoms with Crippen molar-refractivity contribution in [2.45, 2.75) is 60.2 Å². The molecule has 2 rings (SSSR count). The lowest BCUT2D eigenvalue weighted by molar-refractivity contribution is 0.215. The molecule has 2 N–H and O–H groups in total. The SMILES string of the molecule is CCNC(=NCc1ccc(C)cc1OC(C)CC)NCc1noc(C)n1.I. The summed E-state index contributed by atoms with van der Waals surface area (Å²) in [5, 5.41) is 10.3. The van der Waals surface area contributed by atoms with E-state index in [1.165, 1.54) is 5.56 Å². The molecule has 1 heterocycles. The number of hydrogen-bond acceptors (Lipinski definition) is 5. The van der Waals surface area contributed by atoms with Crippen molar-refractivity contribution in [3.63, 3.8) is 0 Å². The Balaban J connectivity index is 0.00000364. The van der Waals surface area contributed by atoms with Gasteiger partial charge in [-0.05, 0) is 38.8 Å². The van der Waals surface area contributed by atoms with E-state index in [1.54, 1.807) is 6.92 Å². The Labute approximate surface area is 178 Å². The lowest BCUT2D eigenvalue weighted by atomic mass is 10.1. The van der Waals surface area contributed by atoms with Crippen LogP contribution in [0.2, 0.25) is 0 Å². The first-order valence-electron chi connectivity index (χ1n) is 9.09. The van der Waals surface area contributed by atoms with Crippen molar-refractivity contribution in [1.82, 2.24) is 20.8 Å². The van der Waals surface area contributed by atoms with Crippen LogP contribution in [0.1, 0.15) is 50.0 Å². The molecule has 0 bridgehead atoms. The van der Waals surface area contributed by atoms with Gasteiger partial charge in [-0.25, -0.2) is 4.99 Å². The molecule has 7 nitrogen and oxygen atoms in total. The van der Waals surface area contributed by atoms with Crippen LogP contribution in [0.3, 0.4) is 0 Å². The van der Waals surface area contributed by atoms with Crippen LogP contribution >= 0.6 is 24.0 Å². The molecule has 0 saturated heterocycles. The van der Waals surface area contributed by atoms with Crippen LogP contribution in [-0.4, -0.2) is 28.7 Å². The largest absolute Gasteiger partial charge is 0.490 e. The predicted octanol–water partition coefficient (Wildman–Crippen LogP) is 3.74. The minimum absolute atomic E-state index is 0. The van der Waals surface area contributed by atoms with E-state index >= 15 is 0 Å². The molecular formula is C19H30IN5O2. The van der Waals surface area contributed by atoms with Crippen LogP contribution in [0.15, 0.2) is 27.7 Å². The summed E-state index contributed by atoms with van der Waals surface area (Å²) in [4.78, 5) is 8.84. The fraction of sp³-hybridized carbons (Fsp3) is 0.526. The molecule has 1 aromatic heterocycles. The fourth-order valence-corrected chi connectivity index (χ4v) is 2.28. The molecule has 150 valence electrons. The number of aromatic nitrogens is 2. The predicted molar refractivity (Wildman–Crippen MR) is 118 cm³/mol. The number of halogens is 1. The summed E-state index contributed by atoms with van der Waals surface area (Å²) in [5.41, 5.74) is 2.23. The summed E-state index contributed by atoms with van der Waals surface area (Å²) < 4.78 is 11.0. The van der Waals surface area contributed by atoms with Gasteiger partial charge in [0.25, 0.3) is 0 Å². The van der Waals surface area contributed by atoms with Gasteiger partial charge in [-0.15, -0.1) is 24.0 Å². The number of guanidine groups is 1. The topological polar surface area (TPSA) is 84.6 Å². The minimum Gasteiger partial charge on any atom is -0.490 e. The van der Waals surface area contributed by atoms with E-state index in [-0.39, 0.29) is 30.1 Å². The second kappa shape index (κ2) is 11.8. The number of nitrogens with one attached hydrogen (secondary N) is 2. The number of ether oxygens (including phenoxy) is 1. The first-order valence-corrected chi connectivity index (χ1v) is 9.09. The molecule has 0 radical (unpaired) electrons. The average Bonchev–Trinajstić information content (AvgIpc) is 3.04. The fourth-order valence-electron chi connectivity index (χ4n) is 2.28. The summed E-state index contributed by atoms with van der Waals surface area (Å²) in [6, 6.07) is 6.22. The van der Waals surface area contributed by atoms with Crippen LogP contribution in [-0.2, 0) is 13.1 Å². The zero-order chi connectivity index (χ0) is 18.9. The maximum Gasteiger partial charge on any atom is 0.223 e. The molecule has 0 spiro atoms. The smallest absolute Gasteiger partial charge is 0.223 e. The number of aryl methyl sites for hydroxylation is 2. The molecule has 0 fully saturated rings. The highest BCUT2D eigenvalue weighted by atomic mass is 127. The Morgan fingerprint density at radius 1 is 1.26 bits per heavy atom. The van der Waals surface area contributed by atoms with Crippen LogP contribution in [0.4, 0.5) is 0 Å². The first kappa shape index (κ1) is 23.2. The van der Waals surface area contributed by atoms with Gasteiger partial charge in [0.15, 0.2) is 11.8 Å². The van der Waals surface area contributed by atoms with Crippen LogP contribution < -0.4 is 15.4 Å². The van der Waals surface area contributed by atoms with Crippen molar-refractivity contribution in [1.29, 1.82) is 0 Å². The molecule has 1 unspecified atom stereocenters. The summed E-state index contributed by atoms with van der Waals surface area (Å²) in [6.45, 7) is 11.8. The molecule has 8 heteroatoms. The highest BCUT2D eigenvalue weighted by molar-refractivity contribution is 14.0. The van der Waals surface area contributed by atoms with E-state index in [0.717, 1.165) is 24.3 Å². The second-order valence-corrected chi connectivity index (χ2v) is 6.23. The zero-order valence-corrected chi connectivity index (χ0v) is 19.0. The van der Waals surface area contributed by atoms with E-state index in [2.05, 4.69) is 64.7 Å². The number of benzene rings is 1. The molecule has 0 amide bonds. The quantitative estimate of drug-likeness (QED) is 0.336. The number of rotatable bonds is 8. The summed E-state index contributed by atoms with van der Waals surface area (Å²) >= 11 is 0. The first-order chi connectivity index (χ1) is 12.5. The van der Waals surface area contributed by atoms with Gasteiger partial charge >= 0.3 is 0 Å². The van der Waals surface area contributed by atoms with Gasteiger partial charge in [0, 0.05) is 19.0 Å². The molecule has 1 atom stereocenters. The molecular weight excluding hydrogens is 457 g/mol. The minimum atomic E-state index is 0. The normalized spacial score (nSPS) is 12.3. The highest BCUT2D eigenvalue weighted by Gasteiger charge is 2.09. The summed E-state index contributed by atoms with van der Waals surface area (Å²) in [7, 11) is 0. The average molecular weight is 487 g/mol. The van der Waals surface area contributed by atoms with E-state index in [4.69, 9.17) is 9.26 Å². The van der Waals surface area contributed by atoms with Gasteiger partial charge < -0.3 is 19.9 Å². The molecule has 27 heavy (non-hydrogen) atoms. The third kappa shape index (κ3) is 7.74. The Morgan fingerprint density at radius 2 is 2.04 bits per heavy atom. The van der Waals surface area contributed by atoms with E-state index in [9.17, 15) is 0 Å². The van der Waals surface area contributed by atoms with Gasteiger partial charge in [0.1, 0.15) is 5.75 Å². The van der Waals surface area contributed by atoms with E-state index in [0.29, 0.717) is 30.8 Å². The van der Waals surface area contributed by atoms with Crippen molar-refractivity contribution in [2.75, 3.05) is 6.54 Å².